The van der Waals surface area contributed by atoms with Gasteiger partial charge in [-0.2, -0.15) is 0 Å². The van der Waals surface area contributed by atoms with Crippen LogP contribution in [-0.4, -0.2) is 37.2 Å². The van der Waals surface area contributed by atoms with E-state index < -0.39 is 6.10 Å². The van der Waals surface area contributed by atoms with Gasteiger partial charge in [0.2, 0.25) is 0 Å². The zero-order chi connectivity index (χ0) is 55.0. The summed E-state index contributed by atoms with van der Waals surface area (Å²) in [6, 6.07) is 0. The molecule has 0 spiro atoms. The summed E-state index contributed by atoms with van der Waals surface area (Å²) >= 11 is 0. The third-order valence-electron chi connectivity index (χ3n) is 14.2. The largest absolute Gasteiger partial charge is 0.462 e. The number of hydrogen-bond acceptors (Lipinski definition) is 6. The Bertz CT molecular complexity index is 1450. The summed E-state index contributed by atoms with van der Waals surface area (Å²) in [4.78, 5) is 38.2. The third kappa shape index (κ3) is 61.4. The first-order chi connectivity index (χ1) is 37.5. The maximum atomic E-state index is 12.9. The van der Waals surface area contributed by atoms with E-state index in [9.17, 15) is 14.4 Å². The summed E-state index contributed by atoms with van der Waals surface area (Å²) in [5.74, 6) is -0.861. The maximum Gasteiger partial charge on any atom is 0.306 e. The highest BCUT2D eigenvalue weighted by Gasteiger charge is 2.19. The standard InChI is InChI=1S/C70H122O6/c1-4-7-10-13-16-19-22-24-26-27-28-29-30-31-32-33-34-35-36-37-38-39-40-41-42-43-45-46-48-51-54-57-60-63-69(72)75-66-67(65-74-68(71)62-59-56-53-50-21-18-15-12-9-6-3)76-70(73)64-61-58-55-52-49-47-44-25-23-20-17-14-11-8-5-2/h7,10,16,19,24,26,28-29,31-32,34-35,37-38,67H,4-6,8-9,11-15,17-18,20-23,25,27,30,33,36,39-66H2,1-3H3/b10-7-,19-16-,26-24-,29-28-,32-31-,35-34-,38-37-. The zero-order valence-electron chi connectivity index (χ0n) is 50.3. The molecule has 0 bridgehead atoms. The van der Waals surface area contributed by atoms with Crippen molar-refractivity contribution in [3.63, 3.8) is 0 Å². The van der Waals surface area contributed by atoms with Crippen molar-refractivity contribution >= 4 is 17.9 Å². The van der Waals surface area contributed by atoms with Gasteiger partial charge in [-0.05, 0) is 77.0 Å². The molecule has 0 radical (unpaired) electrons. The summed E-state index contributed by atoms with van der Waals surface area (Å²) in [6.45, 7) is 6.54. The summed E-state index contributed by atoms with van der Waals surface area (Å²) in [6.07, 6.45) is 84.6. The van der Waals surface area contributed by atoms with Crippen LogP contribution in [0.25, 0.3) is 0 Å². The van der Waals surface area contributed by atoms with Gasteiger partial charge in [0.15, 0.2) is 6.10 Å². The molecule has 0 aromatic rings. The van der Waals surface area contributed by atoms with Crippen molar-refractivity contribution in [3.8, 4) is 0 Å². The topological polar surface area (TPSA) is 78.9 Å². The van der Waals surface area contributed by atoms with Gasteiger partial charge >= 0.3 is 17.9 Å². The molecule has 76 heavy (non-hydrogen) atoms. The molecule has 0 fully saturated rings. The van der Waals surface area contributed by atoms with Crippen molar-refractivity contribution in [1.82, 2.24) is 0 Å². The quantitative estimate of drug-likeness (QED) is 0.0261. The van der Waals surface area contributed by atoms with Crippen LogP contribution < -0.4 is 0 Å². The van der Waals surface area contributed by atoms with Crippen molar-refractivity contribution in [2.45, 2.75) is 329 Å². The van der Waals surface area contributed by atoms with Crippen LogP contribution in [0.15, 0.2) is 85.1 Å². The van der Waals surface area contributed by atoms with E-state index in [0.717, 1.165) is 103 Å². The van der Waals surface area contributed by atoms with Gasteiger partial charge in [0.1, 0.15) is 13.2 Å². The molecule has 1 unspecified atom stereocenters. The minimum atomic E-state index is -0.772. The number of hydrogen-bond donors (Lipinski definition) is 0. The molecular formula is C70H122O6. The molecule has 0 rings (SSSR count). The molecule has 6 heteroatoms. The van der Waals surface area contributed by atoms with E-state index in [2.05, 4.69) is 106 Å². The van der Waals surface area contributed by atoms with Crippen LogP contribution in [0, 0.1) is 0 Å². The molecule has 0 aromatic carbocycles. The van der Waals surface area contributed by atoms with E-state index in [1.54, 1.807) is 0 Å². The first-order valence-electron chi connectivity index (χ1n) is 32.6. The van der Waals surface area contributed by atoms with E-state index in [4.69, 9.17) is 14.2 Å². The number of ether oxygens (including phenoxy) is 3. The van der Waals surface area contributed by atoms with Crippen molar-refractivity contribution in [1.29, 1.82) is 0 Å². The Morgan fingerprint density at radius 3 is 0.803 bits per heavy atom. The van der Waals surface area contributed by atoms with E-state index in [1.165, 1.54) is 180 Å². The molecule has 0 amide bonds. The summed E-state index contributed by atoms with van der Waals surface area (Å²) in [7, 11) is 0. The Morgan fingerprint density at radius 1 is 0.276 bits per heavy atom. The average Bonchev–Trinajstić information content (AvgIpc) is 3.42. The lowest BCUT2D eigenvalue weighted by Gasteiger charge is -2.18. The summed E-state index contributed by atoms with van der Waals surface area (Å²) in [5, 5.41) is 0. The Balaban J connectivity index is 4.14. The van der Waals surface area contributed by atoms with Crippen molar-refractivity contribution in [2.24, 2.45) is 0 Å². The van der Waals surface area contributed by atoms with Gasteiger partial charge in [-0.15, -0.1) is 0 Å². The maximum absolute atomic E-state index is 12.9. The normalized spacial score (nSPS) is 12.6. The third-order valence-corrected chi connectivity index (χ3v) is 14.2. The molecular weight excluding hydrogens is 937 g/mol. The molecule has 0 aliphatic carbocycles. The van der Waals surface area contributed by atoms with Crippen LogP contribution in [0.4, 0.5) is 0 Å². The zero-order valence-corrected chi connectivity index (χ0v) is 50.3. The first kappa shape index (κ1) is 72.6. The second-order valence-electron chi connectivity index (χ2n) is 21.7. The van der Waals surface area contributed by atoms with Crippen LogP contribution in [0.2, 0.25) is 0 Å². The molecule has 0 aliphatic heterocycles. The van der Waals surface area contributed by atoms with E-state index >= 15 is 0 Å². The van der Waals surface area contributed by atoms with Gasteiger partial charge < -0.3 is 14.2 Å². The van der Waals surface area contributed by atoms with Gasteiger partial charge in [0.05, 0.1) is 0 Å². The number of rotatable bonds is 59. The number of carbonyl (C=O) groups is 3. The Kier molecular flexibility index (Phi) is 61.2. The highest BCUT2D eigenvalue weighted by Crippen LogP contribution is 2.17. The van der Waals surface area contributed by atoms with Crippen LogP contribution in [-0.2, 0) is 28.6 Å². The molecule has 438 valence electrons. The monoisotopic (exact) mass is 1060 g/mol. The van der Waals surface area contributed by atoms with E-state index in [-0.39, 0.29) is 31.1 Å². The smallest absolute Gasteiger partial charge is 0.306 e. The Morgan fingerprint density at radius 2 is 0.513 bits per heavy atom. The predicted octanol–water partition coefficient (Wildman–Crippen LogP) is 22.3. The van der Waals surface area contributed by atoms with Gasteiger partial charge in [-0.1, -0.05) is 311 Å². The minimum Gasteiger partial charge on any atom is -0.462 e. The highest BCUT2D eigenvalue weighted by atomic mass is 16.6. The van der Waals surface area contributed by atoms with E-state index in [1.807, 2.05) is 0 Å². The van der Waals surface area contributed by atoms with Crippen LogP contribution in [0.5, 0.6) is 0 Å². The van der Waals surface area contributed by atoms with Crippen molar-refractivity contribution in [2.75, 3.05) is 13.2 Å². The van der Waals surface area contributed by atoms with Crippen LogP contribution in [0.3, 0.4) is 0 Å². The van der Waals surface area contributed by atoms with Gasteiger partial charge in [-0.3, -0.25) is 14.4 Å². The summed E-state index contributed by atoms with van der Waals surface area (Å²) in [5.41, 5.74) is 0. The van der Waals surface area contributed by atoms with Crippen molar-refractivity contribution in [3.05, 3.63) is 85.1 Å². The lowest BCUT2D eigenvalue weighted by atomic mass is 10.0. The fourth-order valence-electron chi connectivity index (χ4n) is 9.31. The fourth-order valence-corrected chi connectivity index (χ4v) is 9.31. The second-order valence-corrected chi connectivity index (χ2v) is 21.7. The number of unbranched alkanes of at least 4 members (excludes halogenated alkanes) is 34. The fraction of sp³-hybridized carbons (Fsp3) is 0.757. The molecule has 0 aliphatic rings. The molecule has 0 aromatic heterocycles. The van der Waals surface area contributed by atoms with Gasteiger partial charge in [-0.25, -0.2) is 0 Å². The highest BCUT2D eigenvalue weighted by molar-refractivity contribution is 5.71. The van der Waals surface area contributed by atoms with Gasteiger partial charge in [0, 0.05) is 19.3 Å². The predicted molar refractivity (Wildman–Crippen MR) is 330 cm³/mol. The molecule has 0 heterocycles. The SMILES string of the molecule is CC/C=C\C/C=C\C/C=C\C/C=C\C/C=C\C/C=C\C/C=C\CCCCCCCCCCCCCC(=O)OCC(COC(=O)CCCCCCCCCCCC)OC(=O)CCCCCCCCCCCCCCCCC. The lowest BCUT2D eigenvalue weighted by molar-refractivity contribution is -0.167. The average molecular weight is 1060 g/mol. The second kappa shape index (κ2) is 64.1. The Labute approximate surface area is 471 Å². The first-order valence-corrected chi connectivity index (χ1v) is 32.6. The van der Waals surface area contributed by atoms with Crippen LogP contribution in [0.1, 0.15) is 323 Å². The van der Waals surface area contributed by atoms with Crippen LogP contribution >= 0.6 is 0 Å². The minimum absolute atomic E-state index is 0.0713. The van der Waals surface area contributed by atoms with E-state index in [0.29, 0.717) is 19.3 Å². The molecule has 0 saturated heterocycles. The summed E-state index contributed by atoms with van der Waals surface area (Å²) < 4.78 is 16.9. The molecule has 6 nitrogen and oxygen atoms in total. The number of allylic oxidation sites excluding steroid dienone is 14. The Hall–Kier alpha value is -3.41. The van der Waals surface area contributed by atoms with Gasteiger partial charge in [0.25, 0.3) is 0 Å². The molecule has 0 saturated carbocycles. The molecule has 1 atom stereocenters. The van der Waals surface area contributed by atoms with Crippen molar-refractivity contribution < 1.29 is 28.6 Å². The molecule has 0 N–H and O–H groups in total. The number of esters is 3. The number of carbonyl (C=O) groups excluding carboxylic acids is 3. The lowest BCUT2D eigenvalue weighted by Crippen LogP contribution is -2.30.